The van der Waals surface area contributed by atoms with Crippen LogP contribution in [0.3, 0.4) is 0 Å². The number of nitrogens with one attached hydrogen (secondary N) is 2. The van der Waals surface area contributed by atoms with Crippen molar-refractivity contribution in [2.24, 2.45) is 0 Å². The second kappa shape index (κ2) is 7.37. The minimum Gasteiger partial charge on any atom is -0.352 e. The number of carbonyl (C=O) groups excluding carboxylic acids is 2. The molecular weight excluding hydrogens is 310 g/mol. The fraction of sp³-hybridized carbons (Fsp3) is 0.353. The third kappa shape index (κ3) is 4.16. The van der Waals surface area contributed by atoms with Crippen molar-refractivity contribution < 1.29 is 9.59 Å². The standard InChI is InChI=1S/C17H19N3O2S/c21-15(20-17-19-13-8-4-9-14(13)23-17)10-5-11-18-16(22)12-6-2-1-3-7-12/h1-3,6-7H,4-5,8-11H2,(H,18,22)(H,19,20,21). The molecule has 0 spiro atoms. The predicted octanol–water partition coefficient (Wildman–Crippen LogP) is 2.78. The number of aromatic nitrogens is 1. The zero-order valence-electron chi connectivity index (χ0n) is 12.8. The first-order valence-electron chi connectivity index (χ1n) is 7.84. The molecule has 6 heteroatoms. The van der Waals surface area contributed by atoms with Crippen LogP contribution in [0, 0.1) is 0 Å². The van der Waals surface area contributed by atoms with E-state index in [1.54, 1.807) is 23.5 Å². The summed E-state index contributed by atoms with van der Waals surface area (Å²) in [6.07, 6.45) is 4.25. The molecule has 5 nitrogen and oxygen atoms in total. The molecule has 1 aromatic carbocycles. The number of anilines is 1. The van der Waals surface area contributed by atoms with E-state index in [9.17, 15) is 9.59 Å². The zero-order valence-corrected chi connectivity index (χ0v) is 13.6. The van der Waals surface area contributed by atoms with Gasteiger partial charge < -0.3 is 10.6 Å². The van der Waals surface area contributed by atoms with Gasteiger partial charge in [0.1, 0.15) is 0 Å². The fourth-order valence-corrected chi connectivity index (χ4v) is 3.63. The van der Waals surface area contributed by atoms with Crippen molar-refractivity contribution >= 4 is 28.3 Å². The summed E-state index contributed by atoms with van der Waals surface area (Å²) >= 11 is 1.58. The molecule has 3 rings (SSSR count). The highest BCUT2D eigenvalue weighted by Gasteiger charge is 2.17. The van der Waals surface area contributed by atoms with Crippen molar-refractivity contribution in [2.75, 3.05) is 11.9 Å². The average molecular weight is 329 g/mol. The van der Waals surface area contributed by atoms with Gasteiger partial charge in [0.05, 0.1) is 5.69 Å². The molecule has 0 fully saturated rings. The Hall–Kier alpha value is -2.21. The lowest BCUT2D eigenvalue weighted by Crippen LogP contribution is -2.25. The van der Waals surface area contributed by atoms with Crippen molar-refractivity contribution in [2.45, 2.75) is 32.1 Å². The van der Waals surface area contributed by atoms with Gasteiger partial charge in [-0.2, -0.15) is 0 Å². The summed E-state index contributed by atoms with van der Waals surface area (Å²) in [6, 6.07) is 9.06. The van der Waals surface area contributed by atoms with Gasteiger partial charge in [0, 0.05) is 23.4 Å². The number of hydrogen-bond acceptors (Lipinski definition) is 4. The van der Waals surface area contributed by atoms with Gasteiger partial charge in [0.2, 0.25) is 5.91 Å². The van der Waals surface area contributed by atoms with Crippen molar-refractivity contribution in [1.82, 2.24) is 10.3 Å². The van der Waals surface area contributed by atoms with Gasteiger partial charge in [-0.15, -0.1) is 11.3 Å². The summed E-state index contributed by atoms with van der Waals surface area (Å²) in [5, 5.41) is 6.37. The van der Waals surface area contributed by atoms with E-state index in [4.69, 9.17) is 0 Å². The van der Waals surface area contributed by atoms with Crippen molar-refractivity contribution in [1.29, 1.82) is 0 Å². The number of carbonyl (C=O) groups is 2. The molecule has 2 aromatic rings. The Kier molecular flexibility index (Phi) is 5.02. The Balaban J connectivity index is 1.37. The van der Waals surface area contributed by atoms with E-state index < -0.39 is 0 Å². The number of thiazole rings is 1. The van der Waals surface area contributed by atoms with E-state index in [0.29, 0.717) is 30.1 Å². The number of aryl methyl sites for hydroxylation is 2. The lowest BCUT2D eigenvalue weighted by atomic mass is 10.2. The van der Waals surface area contributed by atoms with Crippen LogP contribution in [-0.4, -0.2) is 23.3 Å². The van der Waals surface area contributed by atoms with Crippen LogP contribution in [0.2, 0.25) is 0 Å². The highest BCUT2D eigenvalue weighted by molar-refractivity contribution is 7.15. The molecule has 2 amide bonds. The summed E-state index contributed by atoms with van der Waals surface area (Å²) in [7, 11) is 0. The molecule has 1 aromatic heterocycles. The van der Waals surface area contributed by atoms with E-state index in [0.717, 1.165) is 18.5 Å². The van der Waals surface area contributed by atoms with Crippen LogP contribution >= 0.6 is 11.3 Å². The molecule has 23 heavy (non-hydrogen) atoms. The Bertz CT molecular complexity index is 676. The minimum absolute atomic E-state index is 0.0496. The van der Waals surface area contributed by atoms with Crippen molar-refractivity contribution in [3.8, 4) is 0 Å². The summed E-state index contributed by atoms with van der Waals surface area (Å²) in [4.78, 5) is 29.5. The Morgan fingerprint density at radius 3 is 2.78 bits per heavy atom. The molecule has 0 atom stereocenters. The molecule has 1 heterocycles. The van der Waals surface area contributed by atoms with Crippen LogP contribution in [0.4, 0.5) is 5.13 Å². The molecule has 0 saturated heterocycles. The number of amides is 2. The SMILES string of the molecule is O=C(CCCNC(=O)c1ccccc1)Nc1nc2c(s1)CCC2. The van der Waals surface area contributed by atoms with E-state index in [2.05, 4.69) is 15.6 Å². The zero-order chi connectivity index (χ0) is 16.1. The first kappa shape index (κ1) is 15.7. The Morgan fingerprint density at radius 2 is 2.00 bits per heavy atom. The second-order valence-electron chi connectivity index (χ2n) is 5.52. The molecule has 0 unspecified atom stereocenters. The molecule has 1 aliphatic rings. The van der Waals surface area contributed by atoms with Gasteiger partial charge in [0.15, 0.2) is 5.13 Å². The molecule has 0 radical (unpaired) electrons. The average Bonchev–Trinajstić information content (AvgIpc) is 3.13. The fourth-order valence-electron chi connectivity index (χ4n) is 2.57. The molecule has 0 saturated carbocycles. The maximum Gasteiger partial charge on any atom is 0.251 e. The van der Waals surface area contributed by atoms with E-state index in [1.807, 2.05) is 18.2 Å². The topological polar surface area (TPSA) is 71.1 Å². The third-order valence-electron chi connectivity index (χ3n) is 3.74. The number of benzene rings is 1. The Morgan fingerprint density at radius 1 is 1.17 bits per heavy atom. The quantitative estimate of drug-likeness (QED) is 0.801. The van der Waals surface area contributed by atoms with Crippen molar-refractivity contribution in [3.05, 3.63) is 46.5 Å². The van der Waals surface area contributed by atoms with E-state index in [-0.39, 0.29) is 11.8 Å². The second-order valence-corrected chi connectivity index (χ2v) is 6.60. The van der Waals surface area contributed by atoms with Gasteiger partial charge in [-0.05, 0) is 37.8 Å². The smallest absolute Gasteiger partial charge is 0.251 e. The first-order chi connectivity index (χ1) is 11.2. The maximum atomic E-state index is 11.9. The Labute approximate surface area is 139 Å². The number of fused-ring (bicyclic) bond motifs is 1. The summed E-state index contributed by atoms with van der Waals surface area (Å²) in [5.74, 6) is -0.159. The molecule has 0 bridgehead atoms. The van der Waals surface area contributed by atoms with Crippen LogP contribution < -0.4 is 10.6 Å². The van der Waals surface area contributed by atoms with Gasteiger partial charge in [-0.1, -0.05) is 18.2 Å². The lowest BCUT2D eigenvalue weighted by Gasteiger charge is -2.05. The molecule has 2 N–H and O–H groups in total. The predicted molar refractivity (Wildman–Crippen MR) is 90.8 cm³/mol. The molecule has 1 aliphatic carbocycles. The van der Waals surface area contributed by atoms with Crippen LogP contribution in [-0.2, 0) is 17.6 Å². The number of rotatable bonds is 6. The van der Waals surface area contributed by atoms with Gasteiger partial charge >= 0.3 is 0 Å². The van der Waals surface area contributed by atoms with Crippen LogP contribution in [0.25, 0.3) is 0 Å². The first-order valence-corrected chi connectivity index (χ1v) is 8.66. The maximum absolute atomic E-state index is 11.9. The van der Waals surface area contributed by atoms with Crippen LogP contribution in [0.15, 0.2) is 30.3 Å². The van der Waals surface area contributed by atoms with Crippen molar-refractivity contribution in [3.63, 3.8) is 0 Å². The normalized spacial score (nSPS) is 12.7. The number of nitrogens with zero attached hydrogens (tertiary/aromatic N) is 1. The monoisotopic (exact) mass is 329 g/mol. The summed E-state index contributed by atoms with van der Waals surface area (Å²) in [5.41, 5.74) is 1.77. The van der Waals surface area contributed by atoms with Crippen LogP contribution in [0.1, 0.15) is 40.2 Å². The largest absolute Gasteiger partial charge is 0.352 e. The number of hydrogen-bond donors (Lipinski definition) is 2. The summed E-state index contributed by atoms with van der Waals surface area (Å²) < 4.78 is 0. The van der Waals surface area contributed by atoms with E-state index >= 15 is 0 Å². The lowest BCUT2D eigenvalue weighted by molar-refractivity contribution is -0.116. The molecular formula is C17H19N3O2S. The van der Waals surface area contributed by atoms with Crippen LogP contribution in [0.5, 0.6) is 0 Å². The molecule has 0 aliphatic heterocycles. The highest BCUT2D eigenvalue weighted by atomic mass is 32.1. The third-order valence-corrected chi connectivity index (χ3v) is 4.82. The van der Waals surface area contributed by atoms with Gasteiger partial charge in [-0.25, -0.2) is 4.98 Å². The minimum atomic E-state index is -0.109. The highest BCUT2D eigenvalue weighted by Crippen LogP contribution is 2.30. The van der Waals surface area contributed by atoms with Gasteiger partial charge in [0.25, 0.3) is 5.91 Å². The molecule has 120 valence electrons. The van der Waals surface area contributed by atoms with Gasteiger partial charge in [-0.3, -0.25) is 9.59 Å². The summed E-state index contributed by atoms with van der Waals surface area (Å²) in [6.45, 7) is 0.482. The van der Waals surface area contributed by atoms with E-state index in [1.165, 1.54) is 11.3 Å².